The quantitative estimate of drug-likeness (QED) is 0.677. The molecule has 0 spiro atoms. The van der Waals surface area contributed by atoms with Crippen molar-refractivity contribution in [3.8, 4) is 0 Å². The van der Waals surface area contributed by atoms with Crippen molar-refractivity contribution in [3.63, 3.8) is 0 Å². The molecule has 1 nitrogen and oxygen atoms in total. The van der Waals surface area contributed by atoms with E-state index in [1.807, 2.05) is 0 Å². The van der Waals surface area contributed by atoms with Gasteiger partial charge in [-0.1, -0.05) is 25.8 Å². The Balaban J connectivity index is 2.21. The maximum Gasteiger partial charge on any atom is 0.00722 e. The van der Waals surface area contributed by atoms with Crippen LogP contribution in [0.25, 0.3) is 0 Å². The van der Waals surface area contributed by atoms with E-state index in [9.17, 15) is 0 Å². The van der Waals surface area contributed by atoms with Gasteiger partial charge in [0.15, 0.2) is 0 Å². The largest absolute Gasteiger partial charge is 0.314 e. The van der Waals surface area contributed by atoms with Gasteiger partial charge >= 0.3 is 0 Å². The molecule has 0 heterocycles. The minimum absolute atomic E-state index is 0.555. The van der Waals surface area contributed by atoms with Crippen LogP contribution < -0.4 is 5.32 Å². The Morgan fingerprint density at radius 3 is 2.79 bits per heavy atom. The lowest BCUT2D eigenvalue weighted by molar-refractivity contribution is 0.199. The van der Waals surface area contributed by atoms with Crippen LogP contribution in [0.2, 0.25) is 0 Å². The molecule has 0 amide bonds. The molecule has 1 saturated carbocycles. The first-order valence-electron chi connectivity index (χ1n) is 5.87. The van der Waals surface area contributed by atoms with Crippen LogP contribution in [0.3, 0.4) is 0 Å². The average molecular weight is 195 g/mol. The number of rotatable bonds is 4. The van der Waals surface area contributed by atoms with Gasteiger partial charge in [0.2, 0.25) is 0 Å². The first kappa shape index (κ1) is 11.8. The van der Waals surface area contributed by atoms with E-state index in [-0.39, 0.29) is 0 Å². The molecule has 82 valence electrons. The van der Waals surface area contributed by atoms with Crippen LogP contribution in [0.5, 0.6) is 0 Å². The van der Waals surface area contributed by atoms with Gasteiger partial charge in [0.05, 0.1) is 0 Å². The van der Waals surface area contributed by atoms with Crippen molar-refractivity contribution in [2.24, 2.45) is 5.41 Å². The van der Waals surface area contributed by atoms with Gasteiger partial charge in [-0.05, 0) is 44.6 Å². The molecule has 1 rings (SSSR count). The predicted molar refractivity (Wildman–Crippen MR) is 63.5 cm³/mol. The molecule has 0 bridgehead atoms. The molecule has 1 N–H and O–H groups in total. The number of hydrogen-bond donors (Lipinski definition) is 1. The van der Waals surface area contributed by atoms with Crippen molar-refractivity contribution in [2.75, 3.05) is 6.54 Å². The highest BCUT2D eigenvalue weighted by Gasteiger charge is 2.27. The molecule has 1 unspecified atom stereocenters. The summed E-state index contributed by atoms with van der Waals surface area (Å²) in [5.74, 6) is 0. The number of nitrogens with one attached hydrogen (secondary N) is 1. The maximum atomic E-state index is 3.93. The van der Waals surface area contributed by atoms with E-state index in [0.717, 1.165) is 19.0 Å². The molecule has 0 aromatic heterocycles. The highest BCUT2D eigenvalue weighted by atomic mass is 14.9. The van der Waals surface area contributed by atoms with Gasteiger partial charge in [-0.3, -0.25) is 0 Å². The van der Waals surface area contributed by atoms with Gasteiger partial charge in [0.1, 0.15) is 0 Å². The molecule has 0 saturated heterocycles. The lowest BCUT2D eigenvalue weighted by atomic mass is 9.75. The zero-order valence-corrected chi connectivity index (χ0v) is 10.0. The van der Waals surface area contributed by atoms with Crippen molar-refractivity contribution >= 4 is 0 Å². The van der Waals surface area contributed by atoms with Gasteiger partial charge in [0.25, 0.3) is 0 Å². The van der Waals surface area contributed by atoms with Crippen LogP contribution in [-0.4, -0.2) is 12.6 Å². The third-order valence-electron chi connectivity index (χ3n) is 3.19. The van der Waals surface area contributed by atoms with Crippen molar-refractivity contribution in [3.05, 3.63) is 12.2 Å². The van der Waals surface area contributed by atoms with Gasteiger partial charge in [-0.2, -0.15) is 0 Å². The molecule has 14 heavy (non-hydrogen) atoms. The topological polar surface area (TPSA) is 12.0 Å². The molecule has 0 aromatic rings. The fraction of sp³-hybridized carbons (Fsp3) is 0.846. The van der Waals surface area contributed by atoms with E-state index in [0.29, 0.717) is 5.41 Å². The first-order chi connectivity index (χ1) is 6.49. The van der Waals surface area contributed by atoms with Crippen molar-refractivity contribution in [1.82, 2.24) is 5.32 Å². The third-order valence-corrected chi connectivity index (χ3v) is 3.19. The molecular weight excluding hydrogens is 170 g/mol. The molecule has 1 aliphatic carbocycles. The van der Waals surface area contributed by atoms with Crippen molar-refractivity contribution < 1.29 is 0 Å². The lowest BCUT2D eigenvalue weighted by Crippen LogP contribution is -2.37. The Morgan fingerprint density at radius 2 is 2.21 bits per heavy atom. The van der Waals surface area contributed by atoms with Gasteiger partial charge in [-0.15, -0.1) is 6.58 Å². The smallest absolute Gasteiger partial charge is 0.00722 e. The molecule has 1 atom stereocenters. The van der Waals surface area contributed by atoms with Crippen LogP contribution >= 0.6 is 0 Å². The van der Waals surface area contributed by atoms with Crippen LogP contribution in [0.4, 0.5) is 0 Å². The third kappa shape index (κ3) is 4.28. The average Bonchev–Trinajstić information content (AvgIpc) is 2.01. The Bertz CT molecular complexity index is 193. The molecular formula is C13H25N. The summed E-state index contributed by atoms with van der Waals surface area (Å²) in [6.45, 7) is 11.9. The number of hydrogen-bond acceptors (Lipinski definition) is 1. The van der Waals surface area contributed by atoms with Crippen LogP contribution in [-0.2, 0) is 0 Å². The Morgan fingerprint density at radius 1 is 1.50 bits per heavy atom. The summed E-state index contributed by atoms with van der Waals surface area (Å²) >= 11 is 0. The van der Waals surface area contributed by atoms with Gasteiger partial charge in [0, 0.05) is 6.04 Å². The van der Waals surface area contributed by atoms with Crippen molar-refractivity contribution in [1.29, 1.82) is 0 Å². The zero-order chi connectivity index (χ0) is 10.6. The highest BCUT2D eigenvalue weighted by molar-refractivity contribution is 4.90. The van der Waals surface area contributed by atoms with E-state index in [4.69, 9.17) is 0 Å². The molecule has 1 aliphatic rings. The molecule has 1 fully saturated rings. The second-order valence-electron chi connectivity index (χ2n) is 5.62. The zero-order valence-electron chi connectivity index (χ0n) is 10.0. The Kier molecular flexibility index (Phi) is 4.18. The van der Waals surface area contributed by atoms with E-state index in [1.165, 1.54) is 31.3 Å². The second kappa shape index (κ2) is 4.97. The standard InChI is InChI=1S/C13H25N/c1-11(2)7-9-14-12-6-5-8-13(3,4)10-12/h12,14H,1,5-10H2,2-4H3. The first-order valence-corrected chi connectivity index (χ1v) is 5.87. The van der Waals surface area contributed by atoms with E-state index in [1.54, 1.807) is 0 Å². The highest BCUT2D eigenvalue weighted by Crippen LogP contribution is 2.34. The summed E-state index contributed by atoms with van der Waals surface area (Å²) in [5, 5.41) is 3.65. The predicted octanol–water partition coefficient (Wildman–Crippen LogP) is 3.51. The maximum absolute atomic E-state index is 3.93. The fourth-order valence-corrected chi connectivity index (χ4v) is 2.36. The Hall–Kier alpha value is -0.300. The molecule has 0 aliphatic heterocycles. The summed E-state index contributed by atoms with van der Waals surface area (Å²) in [6.07, 6.45) is 6.60. The van der Waals surface area contributed by atoms with E-state index < -0.39 is 0 Å². The molecule has 0 aromatic carbocycles. The second-order valence-corrected chi connectivity index (χ2v) is 5.62. The molecule has 1 heteroatoms. The SMILES string of the molecule is C=C(C)CCNC1CCCC(C)(C)C1. The fourth-order valence-electron chi connectivity index (χ4n) is 2.36. The van der Waals surface area contributed by atoms with E-state index in [2.05, 4.69) is 32.7 Å². The van der Waals surface area contributed by atoms with Gasteiger partial charge < -0.3 is 5.32 Å². The normalized spacial score (nSPS) is 26.1. The monoisotopic (exact) mass is 195 g/mol. The summed E-state index contributed by atoms with van der Waals surface area (Å²) < 4.78 is 0. The van der Waals surface area contributed by atoms with Crippen LogP contribution in [0.15, 0.2) is 12.2 Å². The van der Waals surface area contributed by atoms with E-state index >= 15 is 0 Å². The summed E-state index contributed by atoms with van der Waals surface area (Å²) in [5.41, 5.74) is 1.84. The lowest BCUT2D eigenvalue weighted by Gasteiger charge is -2.35. The van der Waals surface area contributed by atoms with Crippen LogP contribution in [0.1, 0.15) is 52.9 Å². The summed E-state index contributed by atoms with van der Waals surface area (Å²) in [4.78, 5) is 0. The minimum atomic E-state index is 0.555. The summed E-state index contributed by atoms with van der Waals surface area (Å²) in [6, 6.07) is 0.748. The van der Waals surface area contributed by atoms with Crippen LogP contribution in [0, 0.1) is 5.41 Å². The Labute approximate surface area is 89.0 Å². The van der Waals surface area contributed by atoms with Gasteiger partial charge in [-0.25, -0.2) is 0 Å². The molecule has 0 radical (unpaired) electrons. The summed E-state index contributed by atoms with van der Waals surface area (Å²) in [7, 11) is 0. The van der Waals surface area contributed by atoms with Crippen molar-refractivity contribution in [2.45, 2.75) is 58.9 Å². The minimum Gasteiger partial charge on any atom is -0.314 e.